The van der Waals surface area contributed by atoms with Gasteiger partial charge in [0.2, 0.25) is 0 Å². The van der Waals surface area contributed by atoms with Crippen molar-refractivity contribution in [3.63, 3.8) is 0 Å². The van der Waals surface area contributed by atoms with Gasteiger partial charge in [-0.05, 0) is 37.5 Å². The van der Waals surface area contributed by atoms with Gasteiger partial charge in [0.15, 0.2) is 0 Å². The maximum atomic E-state index is 8.92. The van der Waals surface area contributed by atoms with Crippen molar-refractivity contribution in [2.45, 2.75) is 38.5 Å². The Balaban J connectivity index is 1.78. The Morgan fingerprint density at radius 1 is 1.31 bits per heavy atom. The summed E-state index contributed by atoms with van der Waals surface area (Å²) in [5.41, 5.74) is 2.07. The molecule has 0 aromatic heterocycles. The summed E-state index contributed by atoms with van der Waals surface area (Å²) in [6.45, 7) is 2.95. The molecule has 0 amide bonds. The van der Waals surface area contributed by atoms with Crippen LogP contribution in [-0.4, -0.2) is 23.9 Å². The summed E-state index contributed by atoms with van der Waals surface area (Å²) < 4.78 is 5.51. The maximum absolute atomic E-state index is 8.92. The standard InChI is InChI=1S/C13H19NO2/c1-2-16-13-7-12(8-13)14-11-5-3-10(9-15)4-6-11/h3-6,12-15H,2,7-9H2,1H3. The Hall–Kier alpha value is -1.06. The maximum Gasteiger partial charge on any atom is 0.0681 e. The van der Waals surface area contributed by atoms with Crippen LogP contribution in [0.3, 0.4) is 0 Å². The number of anilines is 1. The van der Waals surface area contributed by atoms with E-state index in [1.165, 1.54) is 0 Å². The van der Waals surface area contributed by atoms with Crippen LogP contribution in [0.1, 0.15) is 25.3 Å². The normalized spacial score (nSPS) is 23.9. The first-order chi connectivity index (χ1) is 7.81. The van der Waals surface area contributed by atoms with Crippen LogP contribution in [0.15, 0.2) is 24.3 Å². The molecule has 0 unspecified atom stereocenters. The minimum atomic E-state index is 0.107. The highest BCUT2D eigenvalue weighted by Crippen LogP contribution is 2.26. The minimum Gasteiger partial charge on any atom is -0.392 e. The Morgan fingerprint density at radius 2 is 2.00 bits per heavy atom. The summed E-state index contributed by atoms with van der Waals surface area (Å²) >= 11 is 0. The van der Waals surface area contributed by atoms with Crippen molar-refractivity contribution in [2.75, 3.05) is 11.9 Å². The molecule has 2 rings (SSSR count). The molecule has 0 saturated heterocycles. The third-order valence-electron chi connectivity index (χ3n) is 3.00. The van der Waals surface area contributed by atoms with Gasteiger partial charge in [-0.3, -0.25) is 0 Å². The van der Waals surface area contributed by atoms with E-state index in [1.54, 1.807) is 0 Å². The monoisotopic (exact) mass is 221 g/mol. The predicted octanol–water partition coefficient (Wildman–Crippen LogP) is 2.16. The SMILES string of the molecule is CCOC1CC(Nc2ccc(CO)cc2)C1. The first-order valence-corrected chi connectivity index (χ1v) is 5.89. The number of aliphatic hydroxyl groups excluding tert-OH is 1. The van der Waals surface area contributed by atoms with Crippen LogP contribution in [-0.2, 0) is 11.3 Å². The lowest BCUT2D eigenvalue weighted by Crippen LogP contribution is -2.40. The molecule has 0 radical (unpaired) electrons. The van der Waals surface area contributed by atoms with Gasteiger partial charge in [0.25, 0.3) is 0 Å². The van der Waals surface area contributed by atoms with Crippen LogP contribution < -0.4 is 5.32 Å². The van der Waals surface area contributed by atoms with Crippen LogP contribution in [0.4, 0.5) is 5.69 Å². The Kier molecular flexibility index (Phi) is 3.80. The van der Waals surface area contributed by atoms with Crippen LogP contribution in [0, 0.1) is 0 Å². The lowest BCUT2D eigenvalue weighted by atomic mass is 9.89. The zero-order valence-electron chi connectivity index (χ0n) is 9.65. The molecule has 1 aliphatic carbocycles. The van der Waals surface area contributed by atoms with Crippen LogP contribution in [0.25, 0.3) is 0 Å². The van der Waals surface area contributed by atoms with Crippen LogP contribution >= 0.6 is 0 Å². The van der Waals surface area contributed by atoms with Gasteiger partial charge < -0.3 is 15.2 Å². The lowest BCUT2D eigenvalue weighted by molar-refractivity contribution is 0.00299. The fourth-order valence-corrected chi connectivity index (χ4v) is 2.00. The molecule has 1 aromatic carbocycles. The van der Waals surface area contributed by atoms with E-state index in [2.05, 4.69) is 5.32 Å². The molecule has 0 aliphatic heterocycles. The largest absolute Gasteiger partial charge is 0.392 e. The molecule has 0 atom stereocenters. The topological polar surface area (TPSA) is 41.5 Å². The highest BCUT2D eigenvalue weighted by molar-refractivity contribution is 5.45. The molecule has 2 N–H and O–H groups in total. The van der Waals surface area contributed by atoms with E-state index in [0.29, 0.717) is 12.1 Å². The second-order valence-electron chi connectivity index (χ2n) is 4.25. The predicted molar refractivity (Wildman–Crippen MR) is 64.4 cm³/mol. The third kappa shape index (κ3) is 2.74. The highest BCUT2D eigenvalue weighted by atomic mass is 16.5. The molecule has 1 fully saturated rings. The number of aliphatic hydroxyl groups is 1. The Morgan fingerprint density at radius 3 is 2.56 bits per heavy atom. The number of benzene rings is 1. The molecule has 1 saturated carbocycles. The van der Waals surface area contributed by atoms with Gasteiger partial charge in [0, 0.05) is 18.3 Å². The van der Waals surface area contributed by atoms with E-state index in [4.69, 9.17) is 9.84 Å². The summed E-state index contributed by atoms with van der Waals surface area (Å²) in [6, 6.07) is 8.46. The van der Waals surface area contributed by atoms with Crippen molar-refractivity contribution in [1.29, 1.82) is 0 Å². The molecule has 3 nitrogen and oxygen atoms in total. The van der Waals surface area contributed by atoms with E-state index < -0.39 is 0 Å². The van der Waals surface area contributed by atoms with Crippen molar-refractivity contribution in [3.8, 4) is 0 Å². The van der Waals surface area contributed by atoms with Crippen molar-refractivity contribution in [2.24, 2.45) is 0 Å². The van der Waals surface area contributed by atoms with E-state index in [9.17, 15) is 0 Å². The molecule has 1 aromatic rings. The van der Waals surface area contributed by atoms with Gasteiger partial charge in [0.05, 0.1) is 12.7 Å². The van der Waals surface area contributed by atoms with Gasteiger partial charge in [-0.25, -0.2) is 0 Å². The van der Waals surface area contributed by atoms with Gasteiger partial charge in [0.1, 0.15) is 0 Å². The zero-order chi connectivity index (χ0) is 11.4. The highest BCUT2D eigenvalue weighted by Gasteiger charge is 2.29. The summed E-state index contributed by atoms with van der Waals surface area (Å²) in [4.78, 5) is 0. The molecule has 0 spiro atoms. The molecule has 0 heterocycles. The number of hydrogen-bond acceptors (Lipinski definition) is 3. The molecule has 16 heavy (non-hydrogen) atoms. The second-order valence-corrected chi connectivity index (χ2v) is 4.25. The molecular formula is C13H19NO2. The lowest BCUT2D eigenvalue weighted by Gasteiger charge is -2.36. The van der Waals surface area contributed by atoms with Gasteiger partial charge in [-0.1, -0.05) is 12.1 Å². The molecular weight excluding hydrogens is 202 g/mol. The van der Waals surface area contributed by atoms with Gasteiger partial charge in [-0.15, -0.1) is 0 Å². The van der Waals surface area contributed by atoms with Gasteiger partial charge in [-0.2, -0.15) is 0 Å². The van der Waals surface area contributed by atoms with Crippen molar-refractivity contribution < 1.29 is 9.84 Å². The van der Waals surface area contributed by atoms with Crippen molar-refractivity contribution in [1.82, 2.24) is 0 Å². The quantitative estimate of drug-likeness (QED) is 0.800. The summed E-state index contributed by atoms with van der Waals surface area (Å²) in [7, 11) is 0. The average molecular weight is 221 g/mol. The smallest absolute Gasteiger partial charge is 0.0681 e. The van der Waals surface area contributed by atoms with Crippen molar-refractivity contribution >= 4 is 5.69 Å². The average Bonchev–Trinajstić information content (AvgIpc) is 2.27. The molecule has 0 bridgehead atoms. The fourth-order valence-electron chi connectivity index (χ4n) is 2.00. The summed E-state index contributed by atoms with van der Waals surface area (Å²) in [5, 5.41) is 12.4. The Labute approximate surface area is 96.4 Å². The second kappa shape index (κ2) is 5.32. The summed E-state index contributed by atoms with van der Waals surface area (Å²) in [6.07, 6.45) is 2.63. The molecule has 88 valence electrons. The Bertz CT molecular complexity index is 317. The fraction of sp³-hybridized carbons (Fsp3) is 0.538. The van der Waals surface area contributed by atoms with E-state index in [1.807, 2.05) is 31.2 Å². The minimum absolute atomic E-state index is 0.107. The number of ether oxygens (including phenoxy) is 1. The van der Waals surface area contributed by atoms with Gasteiger partial charge >= 0.3 is 0 Å². The summed E-state index contributed by atoms with van der Waals surface area (Å²) in [5.74, 6) is 0. The van der Waals surface area contributed by atoms with Crippen molar-refractivity contribution in [3.05, 3.63) is 29.8 Å². The number of hydrogen-bond donors (Lipinski definition) is 2. The molecule has 3 heteroatoms. The number of rotatable bonds is 5. The van der Waals surface area contributed by atoms with E-state index in [-0.39, 0.29) is 6.61 Å². The molecule has 1 aliphatic rings. The first kappa shape index (κ1) is 11.4. The van der Waals surface area contributed by atoms with Crippen LogP contribution in [0.5, 0.6) is 0 Å². The third-order valence-corrected chi connectivity index (χ3v) is 3.00. The van der Waals surface area contributed by atoms with E-state index in [0.717, 1.165) is 30.7 Å². The van der Waals surface area contributed by atoms with Crippen LogP contribution in [0.2, 0.25) is 0 Å². The van der Waals surface area contributed by atoms with E-state index >= 15 is 0 Å². The number of nitrogens with one attached hydrogen (secondary N) is 1. The first-order valence-electron chi connectivity index (χ1n) is 5.89. The zero-order valence-corrected chi connectivity index (χ0v) is 9.65.